The zero-order valence-electron chi connectivity index (χ0n) is 15.7. The van der Waals surface area contributed by atoms with Gasteiger partial charge in [0.2, 0.25) is 0 Å². The summed E-state index contributed by atoms with van der Waals surface area (Å²) in [6.07, 6.45) is 0.625. The van der Waals surface area contributed by atoms with Crippen molar-refractivity contribution in [1.29, 1.82) is 5.26 Å². The summed E-state index contributed by atoms with van der Waals surface area (Å²) in [4.78, 5) is 24.5. The Hall–Kier alpha value is -3.91. The topological polar surface area (TPSA) is 79.2 Å². The lowest BCUT2D eigenvalue weighted by Crippen LogP contribution is -2.33. The zero-order chi connectivity index (χ0) is 20.5. The first-order chi connectivity index (χ1) is 14.2. The minimum absolute atomic E-state index is 0.236. The molecule has 0 bridgehead atoms. The van der Waals surface area contributed by atoms with Crippen molar-refractivity contribution in [3.63, 3.8) is 0 Å². The molecule has 1 amide bonds. The Morgan fingerprint density at radius 2 is 1.52 bits per heavy atom. The molecule has 0 fully saturated rings. The minimum atomic E-state index is -0.607. The molecule has 0 spiro atoms. The van der Waals surface area contributed by atoms with E-state index in [1.807, 2.05) is 66.7 Å². The molecule has 5 nitrogen and oxygen atoms in total. The van der Waals surface area contributed by atoms with E-state index in [0.717, 1.165) is 11.1 Å². The number of nitrogens with zero attached hydrogens (tertiary/aromatic N) is 1. The third kappa shape index (κ3) is 5.78. The highest BCUT2D eigenvalue weighted by molar-refractivity contribution is 5.91. The first-order valence-corrected chi connectivity index (χ1v) is 9.21. The number of carbonyl (C=O) groups excluding carboxylic acids is 2. The highest BCUT2D eigenvalue weighted by Gasteiger charge is 2.17. The van der Waals surface area contributed by atoms with Crippen LogP contribution < -0.4 is 5.32 Å². The van der Waals surface area contributed by atoms with E-state index in [2.05, 4.69) is 5.32 Å². The van der Waals surface area contributed by atoms with Crippen molar-refractivity contribution >= 4 is 11.9 Å². The average molecular weight is 384 g/mol. The number of esters is 1. The standard InChI is InChI=1S/C24H20N2O3/c25-16-19-11-13-21(14-12-19)24(28)29-17-23(27)26-22(20-9-5-2-6-10-20)15-18-7-3-1-4-8-18/h1-14,22H,15,17H2,(H,26,27). The van der Waals surface area contributed by atoms with Crippen LogP contribution in [0.4, 0.5) is 0 Å². The van der Waals surface area contributed by atoms with Crippen molar-refractivity contribution in [3.05, 3.63) is 107 Å². The maximum atomic E-state index is 12.4. The molecule has 0 aromatic heterocycles. The Bertz CT molecular complexity index is 994. The first-order valence-electron chi connectivity index (χ1n) is 9.21. The number of hydrogen-bond acceptors (Lipinski definition) is 4. The molecule has 5 heteroatoms. The third-order valence-electron chi connectivity index (χ3n) is 4.40. The van der Waals surface area contributed by atoms with Crippen molar-refractivity contribution in [2.75, 3.05) is 6.61 Å². The molecule has 0 aliphatic carbocycles. The van der Waals surface area contributed by atoms with E-state index in [-0.39, 0.29) is 18.6 Å². The number of amides is 1. The van der Waals surface area contributed by atoms with Crippen LogP contribution in [0.1, 0.15) is 33.1 Å². The maximum absolute atomic E-state index is 12.4. The average Bonchev–Trinajstić information content (AvgIpc) is 2.78. The second kappa shape index (κ2) is 9.86. The number of hydrogen-bond donors (Lipinski definition) is 1. The molecule has 1 atom stereocenters. The van der Waals surface area contributed by atoms with Gasteiger partial charge in [0.15, 0.2) is 6.61 Å². The molecular weight excluding hydrogens is 364 g/mol. The molecule has 144 valence electrons. The Balaban J connectivity index is 1.62. The van der Waals surface area contributed by atoms with Crippen LogP contribution in [-0.2, 0) is 16.0 Å². The largest absolute Gasteiger partial charge is 0.452 e. The third-order valence-corrected chi connectivity index (χ3v) is 4.40. The van der Waals surface area contributed by atoms with Crippen LogP contribution in [0.5, 0.6) is 0 Å². The van der Waals surface area contributed by atoms with Crippen LogP contribution in [-0.4, -0.2) is 18.5 Å². The number of nitriles is 1. The molecule has 0 aliphatic rings. The maximum Gasteiger partial charge on any atom is 0.338 e. The van der Waals surface area contributed by atoms with Gasteiger partial charge in [-0.15, -0.1) is 0 Å². The van der Waals surface area contributed by atoms with E-state index in [9.17, 15) is 9.59 Å². The second-order valence-corrected chi connectivity index (χ2v) is 6.49. The fourth-order valence-corrected chi connectivity index (χ4v) is 2.92. The van der Waals surface area contributed by atoms with Gasteiger partial charge in [-0.1, -0.05) is 60.7 Å². The summed E-state index contributed by atoms with van der Waals surface area (Å²) in [6.45, 7) is -0.378. The monoisotopic (exact) mass is 384 g/mol. The Kier molecular flexibility index (Phi) is 6.75. The van der Waals surface area contributed by atoms with E-state index in [1.54, 1.807) is 0 Å². The lowest BCUT2D eigenvalue weighted by atomic mass is 9.99. The van der Waals surface area contributed by atoms with Crippen LogP contribution in [0.3, 0.4) is 0 Å². The quantitative estimate of drug-likeness (QED) is 0.628. The fourth-order valence-electron chi connectivity index (χ4n) is 2.92. The Labute approximate surface area is 169 Å². The van der Waals surface area contributed by atoms with E-state index < -0.39 is 5.97 Å². The number of benzene rings is 3. The highest BCUT2D eigenvalue weighted by Crippen LogP contribution is 2.18. The Morgan fingerprint density at radius 1 is 0.897 bits per heavy atom. The van der Waals surface area contributed by atoms with E-state index in [0.29, 0.717) is 17.5 Å². The van der Waals surface area contributed by atoms with Gasteiger partial charge >= 0.3 is 5.97 Å². The van der Waals surface area contributed by atoms with Crippen LogP contribution >= 0.6 is 0 Å². The van der Waals surface area contributed by atoms with Gasteiger partial charge in [0.05, 0.1) is 23.2 Å². The van der Waals surface area contributed by atoms with Crippen molar-refractivity contribution in [2.24, 2.45) is 0 Å². The lowest BCUT2D eigenvalue weighted by Gasteiger charge is -2.19. The minimum Gasteiger partial charge on any atom is -0.452 e. The molecular formula is C24H20N2O3. The number of rotatable bonds is 7. The second-order valence-electron chi connectivity index (χ2n) is 6.49. The predicted octanol–water partition coefficient (Wildman–Crippen LogP) is 3.82. The number of ether oxygens (including phenoxy) is 1. The summed E-state index contributed by atoms with van der Waals surface area (Å²) in [5.74, 6) is -0.985. The predicted molar refractivity (Wildman–Crippen MR) is 109 cm³/mol. The number of carbonyl (C=O) groups is 2. The van der Waals surface area contributed by atoms with Crippen molar-refractivity contribution in [3.8, 4) is 6.07 Å². The van der Waals surface area contributed by atoms with Gasteiger partial charge in [-0.2, -0.15) is 5.26 Å². The molecule has 1 unspecified atom stereocenters. The van der Waals surface area contributed by atoms with Gasteiger partial charge in [0.25, 0.3) is 5.91 Å². The van der Waals surface area contributed by atoms with E-state index in [1.165, 1.54) is 24.3 Å². The summed E-state index contributed by atoms with van der Waals surface area (Å²) in [5, 5.41) is 11.8. The van der Waals surface area contributed by atoms with Crippen LogP contribution in [0.15, 0.2) is 84.9 Å². The summed E-state index contributed by atoms with van der Waals surface area (Å²) in [5.41, 5.74) is 2.81. The lowest BCUT2D eigenvalue weighted by molar-refractivity contribution is -0.125. The molecule has 1 N–H and O–H groups in total. The molecule has 3 aromatic carbocycles. The van der Waals surface area contributed by atoms with Crippen LogP contribution in [0.2, 0.25) is 0 Å². The molecule has 3 rings (SSSR count). The molecule has 0 saturated carbocycles. The summed E-state index contributed by atoms with van der Waals surface area (Å²) < 4.78 is 5.12. The van der Waals surface area contributed by atoms with E-state index >= 15 is 0 Å². The van der Waals surface area contributed by atoms with Crippen molar-refractivity contribution in [2.45, 2.75) is 12.5 Å². The zero-order valence-corrected chi connectivity index (χ0v) is 15.7. The SMILES string of the molecule is N#Cc1ccc(C(=O)OCC(=O)NC(Cc2ccccc2)c2ccccc2)cc1. The molecule has 0 heterocycles. The van der Waals surface area contributed by atoms with Crippen LogP contribution in [0.25, 0.3) is 0 Å². The van der Waals surface area contributed by atoms with Gasteiger partial charge < -0.3 is 10.1 Å². The van der Waals surface area contributed by atoms with Crippen LogP contribution in [0, 0.1) is 11.3 Å². The van der Waals surface area contributed by atoms with Crippen molar-refractivity contribution < 1.29 is 14.3 Å². The van der Waals surface area contributed by atoms with Gasteiger partial charge in [-0.25, -0.2) is 4.79 Å². The van der Waals surface area contributed by atoms with Crippen molar-refractivity contribution in [1.82, 2.24) is 5.32 Å². The van der Waals surface area contributed by atoms with Gasteiger partial charge in [-0.3, -0.25) is 4.79 Å². The molecule has 29 heavy (non-hydrogen) atoms. The molecule has 0 radical (unpaired) electrons. The Morgan fingerprint density at radius 3 is 2.14 bits per heavy atom. The summed E-state index contributed by atoms with van der Waals surface area (Å²) >= 11 is 0. The van der Waals surface area contributed by atoms with Gasteiger partial charge in [0.1, 0.15) is 0 Å². The van der Waals surface area contributed by atoms with Gasteiger partial charge in [-0.05, 0) is 41.8 Å². The normalized spacial score (nSPS) is 11.1. The van der Waals surface area contributed by atoms with E-state index in [4.69, 9.17) is 10.00 Å². The molecule has 0 aliphatic heterocycles. The fraction of sp³-hybridized carbons (Fsp3) is 0.125. The molecule has 0 saturated heterocycles. The summed E-state index contributed by atoms with van der Waals surface area (Å²) in [7, 11) is 0. The highest BCUT2D eigenvalue weighted by atomic mass is 16.5. The molecule has 3 aromatic rings. The summed E-state index contributed by atoms with van der Waals surface area (Å²) in [6, 6.07) is 27.4. The first kappa shape index (κ1) is 19.8. The number of nitrogens with one attached hydrogen (secondary N) is 1. The smallest absolute Gasteiger partial charge is 0.338 e. The van der Waals surface area contributed by atoms with Gasteiger partial charge in [0, 0.05) is 0 Å².